The highest BCUT2D eigenvalue weighted by molar-refractivity contribution is 7.10. The van der Waals surface area contributed by atoms with Gasteiger partial charge in [0.1, 0.15) is 0 Å². The van der Waals surface area contributed by atoms with Gasteiger partial charge < -0.3 is 11.1 Å². The number of nitrogens with two attached hydrogens (primary N) is 1. The Hall–Kier alpha value is -3.75. The number of fused-ring (bicyclic) bond motifs is 1. The fourth-order valence-electron chi connectivity index (χ4n) is 4.88. The van der Waals surface area contributed by atoms with Gasteiger partial charge in [-0.15, -0.1) is 11.3 Å². The Morgan fingerprint density at radius 3 is 2.92 bits per heavy atom. The van der Waals surface area contributed by atoms with Gasteiger partial charge in [-0.3, -0.25) is 19.6 Å². The minimum Gasteiger partial charge on any atom is -0.369 e. The number of nitrogens with zero attached hydrogens (tertiary/aromatic N) is 2. The predicted octanol–water partition coefficient (Wildman–Crippen LogP) is 4.98. The van der Waals surface area contributed by atoms with Gasteiger partial charge in [-0.1, -0.05) is 36.4 Å². The Balaban J connectivity index is 1.29. The van der Waals surface area contributed by atoms with Crippen LogP contribution in [0.15, 0.2) is 53.9 Å². The van der Waals surface area contributed by atoms with Crippen molar-refractivity contribution in [1.29, 1.82) is 0 Å². The lowest BCUT2D eigenvalue weighted by Gasteiger charge is -2.31. The highest BCUT2D eigenvalue weighted by Gasteiger charge is 2.23. The normalized spacial score (nSPS) is 16.4. The van der Waals surface area contributed by atoms with E-state index >= 15 is 0 Å². The third kappa shape index (κ3) is 6.15. The molecule has 2 amide bonds. The molecular weight excluding hydrogens is 482 g/mol. The number of aromatic nitrogens is 2. The molecule has 1 unspecified atom stereocenters. The van der Waals surface area contributed by atoms with Gasteiger partial charge in [-0.25, -0.2) is 0 Å². The predicted molar refractivity (Wildman–Crippen MR) is 150 cm³/mol. The van der Waals surface area contributed by atoms with Crippen molar-refractivity contribution in [2.45, 2.75) is 32.7 Å². The number of thiophene rings is 1. The Kier molecular flexibility index (Phi) is 7.48. The molecule has 1 saturated heterocycles. The molecule has 1 fully saturated rings. The van der Waals surface area contributed by atoms with E-state index in [1.165, 1.54) is 5.56 Å². The first-order valence-electron chi connectivity index (χ1n) is 12.5. The Morgan fingerprint density at radius 1 is 1.22 bits per heavy atom. The van der Waals surface area contributed by atoms with E-state index < -0.39 is 0 Å². The van der Waals surface area contributed by atoms with Crippen LogP contribution < -0.4 is 11.1 Å². The van der Waals surface area contributed by atoms with Gasteiger partial charge in [0.05, 0.1) is 23.5 Å². The zero-order valence-corrected chi connectivity index (χ0v) is 21.7. The molecule has 4 N–H and O–H groups in total. The molecule has 0 spiro atoms. The third-order valence-corrected chi connectivity index (χ3v) is 7.70. The Bertz CT molecular complexity index is 1440. The maximum Gasteiger partial charge on any atom is 0.229 e. The van der Waals surface area contributed by atoms with Gasteiger partial charge in [0.2, 0.25) is 11.8 Å². The molecule has 3 heterocycles. The van der Waals surface area contributed by atoms with Gasteiger partial charge in [0, 0.05) is 29.0 Å². The van der Waals surface area contributed by atoms with Gasteiger partial charge in [-0.2, -0.15) is 5.10 Å². The van der Waals surface area contributed by atoms with E-state index in [4.69, 9.17) is 5.73 Å². The van der Waals surface area contributed by atoms with Crippen molar-refractivity contribution < 1.29 is 9.59 Å². The van der Waals surface area contributed by atoms with E-state index in [0.717, 1.165) is 70.8 Å². The first kappa shape index (κ1) is 24.9. The molecule has 1 atom stereocenters. The lowest BCUT2D eigenvalue weighted by molar-refractivity contribution is -0.123. The monoisotopic (exact) mass is 513 g/mol. The first-order chi connectivity index (χ1) is 17.9. The molecule has 4 aromatic rings. The van der Waals surface area contributed by atoms with Crippen molar-refractivity contribution in [3.05, 3.63) is 81.2 Å². The molecule has 0 saturated carbocycles. The van der Waals surface area contributed by atoms with Crippen LogP contribution in [0.25, 0.3) is 23.1 Å². The first-order valence-corrected chi connectivity index (χ1v) is 13.4. The smallest absolute Gasteiger partial charge is 0.229 e. The summed E-state index contributed by atoms with van der Waals surface area (Å²) in [5.41, 5.74) is 11.3. The summed E-state index contributed by atoms with van der Waals surface area (Å²) in [5.74, 6) is -0.287. The third-order valence-electron chi connectivity index (χ3n) is 6.83. The number of nitrogens with one attached hydrogen (secondary N) is 2. The van der Waals surface area contributed by atoms with Crippen molar-refractivity contribution >= 4 is 51.9 Å². The minimum atomic E-state index is -0.201. The number of likely N-dealkylation sites (tertiary alicyclic amines) is 1. The number of aryl methyl sites for hydroxylation is 1. The SMILES string of the molecule is Cc1cc2[nH]nc(/C=C/c3cccc(CN4CCCC(C(N)=O)C4)c3)c2cc1NC(=O)Cc1cccs1. The summed E-state index contributed by atoms with van der Waals surface area (Å²) in [6.45, 7) is 4.48. The molecule has 1 aliphatic rings. The number of carbonyl (C=O) groups excluding carboxylic acids is 2. The average molecular weight is 514 g/mol. The van der Waals surface area contributed by atoms with Crippen LogP contribution in [0.1, 0.15) is 40.1 Å². The quantitative estimate of drug-likeness (QED) is 0.309. The largest absolute Gasteiger partial charge is 0.369 e. The number of H-pyrrole nitrogens is 1. The summed E-state index contributed by atoms with van der Waals surface area (Å²) < 4.78 is 0. The van der Waals surface area contributed by atoms with Gasteiger partial charge in [-0.05, 0) is 72.7 Å². The second kappa shape index (κ2) is 11.1. The number of anilines is 1. The molecule has 190 valence electrons. The van der Waals surface area contributed by atoms with Crippen molar-refractivity contribution in [2.75, 3.05) is 18.4 Å². The second-order valence-corrected chi connectivity index (χ2v) is 10.7. The lowest BCUT2D eigenvalue weighted by Crippen LogP contribution is -2.40. The van der Waals surface area contributed by atoms with Crippen LogP contribution in [0.5, 0.6) is 0 Å². The van der Waals surface area contributed by atoms with E-state index in [9.17, 15) is 9.59 Å². The maximum absolute atomic E-state index is 12.6. The lowest BCUT2D eigenvalue weighted by atomic mass is 9.97. The number of aromatic amines is 1. The molecule has 7 nitrogen and oxygen atoms in total. The van der Waals surface area contributed by atoms with Crippen LogP contribution in [0.3, 0.4) is 0 Å². The maximum atomic E-state index is 12.6. The zero-order chi connectivity index (χ0) is 25.8. The summed E-state index contributed by atoms with van der Waals surface area (Å²) in [4.78, 5) is 27.5. The molecule has 2 aromatic heterocycles. The number of amides is 2. The van der Waals surface area contributed by atoms with Crippen molar-refractivity contribution in [3.63, 3.8) is 0 Å². The van der Waals surface area contributed by atoms with Crippen molar-refractivity contribution in [1.82, 2.24) is 15.1 Å². The van der Waals surface area contributed by atoms with Crippen LogP contribution in [0.4, 0.5) is 5.69 Å². The average Bonchev–Trinajstić information content (AvgIpc) is 3.53. The molecule has 37 heavy (non-hydrogen) atoms. The number of rotatable bonds is 8. The molecule has 0 bridgehead atoms. The topological polar surface area (TPSA) is 104 Å². The second-order valence-electron chi connectivity index (χ2n) is 9.68. The summed E-state index contributed by atoms with van der Waals surface area (Å²) >= 11 is 1.58. The van der Waals surface area contributed by atoms with Crippen LogP contribution in [0, 0.1) is 12.8 Å². The summed E-state index contributed by atoms with van der Waals surface area (Å²) in [6.07, 6.45) is 6.29. The van der Waals surface area contributed by atoms with Crippen LogP contribution in [0.2, 0.25) is 0 Å². The highest BCUT2D eigenvalue weighted by Crippen LogP contribution is 2.26. The molecule has 1 aliphatic heterocycles. The van der Waals surface area contributed by atoms with Crippen LogP contribution >= 0.6 is 11.3 Å². The zero-order valence-electron chi connectivity index (χ0n) is 20.9. The number of primary amides is 1. The summed E-state index contributed by atoms with van der Waals surface area (Å²) in [6, 6.07) is 16.3. The van der Waals surface area contributed by atoms with E-state index in [2.05, 4.69) is 50.8 Å². The van der Waals surface area contributed by atoms with Crippen LogP contribution in [-0.2, 0) is 22.6 Å². The van der Waals surface area contributed by atoms with E-state index in [0.29, 0.717) is 6.42 Å². The fourth-order valence-corrected chi connectivity index (χ4v) is 5.58. The number of carbonyl (C=O) groups is 2. The molecule has 5 rings (SSSR count). The Morgan fingerprint density at radius 2 is 2.11 bits per heavy atom. The highest BCUT2D eigenvalue weighted by atomic mass is 32.1. The molecule has 8 heteroatoms. The molecular formula is C29H31N5O2S. The van der Waals surface area contributed by atoms with Crippen molar-refractivity contribution in [2.24, 2.45) is 11.7 Å². The summed E-state index contributed by atoms with van der Waals surface area (Å²) in [5, 5.41) is 13.6. The van der Waals surface area contributed by atoms with Gasteiger partial charge >= 0.3 is 0 Å². The number of piperidine rings is 1. The van der Waals surface area contributed by atoms with Crippen molar-refractivity contribution in [3.8, 4) is 0 Å². The fraction of sp³-hybridized carbons (Fsp3) is 0.276. The molecule has 0 aliphatic carbocycles. The van der Waals surface area contributed by atoms with Crippen LogP contribution in [-0.4, -0.2) is 40.0 Å². The van der Waals surface area contributed by atoms with E-state index in [1.54, 1.807) is 11.3 Å². The number of hydrogen-bond donors (Lipinski definition) is 3. The molecule has 0 radical (unpaired) electrons. The molecule has 2 aromatic carbocycles. The van der Waals surface area contributed by atoms with Gasteiger partial charge in [0.25, 0.3) is 0 Å². The standard InChI is InChI=1S/C29H31N5O2S/c1-19-13-27-24(16-26(19)31-28(35)15-23-8-4-12-37-23)25(32-33-27)10-9-20-5-2-6-21(14-20)17-34-11-3-7-22(18-34)29(30)36/h2,4-6,8-10,12-14,16,22H,3,7,11,15,17-18H2,1H3,(H2,30,36)(H,31,35)(H,32,33)/b10-9+. The van der Waals surface area contributed by atoms with E-state index in [1.807, 2.05) is 42.6 Å². The Labute approximate surface area is 220 Å². The van der Waals surface area contributed by atoms with E-state index in [-0.39, 0.29) is 17.7 Å². The number of benzene rings is 2. The minimum absolute atomic E-state index is 0.0295. The number of hydrogen-bond acceptors (Lipinski definition) is 5. The summed E-state index contributed by atoms with van der Waals surface area (Å²) in [7, 11) is 0. The van der Waals surface area contributed by atoms with Gasteiger partial charge in [0.15, 0.2) is 0 Å².